The molecule has 0 aliphatic carbocycles. The van der Waals surface area contributed by atoms with Gasteiger partial charge in [0.05, 0.1) is 6.07 Å². The van der Waals surface area contributed by atoms with Gasteiger partial charge in [-0.1, -0.05) is 23.2 Å². The first kappa shape index (κ1) is 12.1. The van der Waals surface area contributed by atoms with Gasteiger partial charge in [-0.3, -0.25) is 0 Å². The van der Waals surface area contributed by atoms with Gasteiger partial charge in [0, 0.05) is 10.0 Å². The maximum absolute atomic E-state index is 8.67. The van der Waals surface area contributed by atoms with Crippen molar-refractivity contribution < 1.29 is 4.74 Å². The van der Waals surface area contributed by atoms with Crippen molar-refractivity contribution in [2.45, 2.75) is 6.04 Å². The molecule has 1 atom stereocenters. The van der Waals surface area contributed by atoms with E-state index < -0.39 is 0 Å². The third-order valence-electron chi connectivity index (χ3n) is 1.76. The maximum atomic E-state index is 8.67. The molecule has 0 bridgehead atoms. The fraction of sp³-hybridized carbons (Fsp3) is 0.300. The van der Waals surface area contributed by atoms with E-state index in [0.29, 0.717) is 15.8 Å². The predicted molar refractivity (Wildman–Crippen MR) is 60.4 cm³/mol. The van der Waals surface area contributed by atoms with E-state index in [2.05, 4.69) is 5.32 Å². The molecule has 5 heteroatoms. The highest BCUT2D eigenvalue weighted by Crippen LogP contribution is 2.24. The summed E-state index contributed by atoms with van der Waals surface area (Å²) in [5.41, 5.74) is 0. The van der Waals surface area contributed by atoms with E-state index in [1.165, 1.54) is 0 Å². The van der Waals surface area contributed by atoms with E-state index in [0.717, 1.165) is 0 Å². The summed E-state index contributed by atoms with van der Waals surface area (Å²) in [6.45, 7) is 0.254. The molecule has 0 saturated carbocycles. The van der Waals surface area contributed by atoms with Crippen molar-refractivity contribution in [3.05, 3.63) is 28.2 Å². The van der Waals surface area contributed by atoms with E-state index in [1.807, 2.05) is 6.07 Å². The third-order valence-corrected chi connectivity index (χ3v) is 2.19. The Morgan fingerprint density at radius 2 is 2.00 bits per heavy atom. The SMILES string of the molecule is CNC(C#N)COc1cc(Cl)cc(Cl)c1. The number of nitrogens with one attached hydrogen (secondary N) is 1. The number of hydrogen-bond donors (Lipinski definition) is 1. The second-order valence-electron chi connectivity index (χ2n) is 2.89. The number of nitrogens with zero attached hydrogens (tertiary/aromatic N) is 1. The second-order valence-corrected chi connectivity index (χ2v) is 3.76. The molecule has 1 aromatic carbocycles. The Morgan fingerprint density at radius 1 is 1.40 bits per heavy atom. The van der Waals surface area contributed by atoms with Gasteiger partial charge in [0.1, 0.15) is 18.4 Å². The fourth-order valence-electron chi connectivity index (χ4n) is 0.977. The van der Waals surface area contributed by atoms with Crippen molar-refractivity contribution in [1.82, 2.24) is 5.32 Å². The topological polar surface area (TPSA) is 45.0 Å². The van der Waals surface area contributed by atoms with Gasteiger partial charge >= 0.3 is 0 Å². The smallest absolute Gasteiger partial charge is 0.129 e. The van der Waals surface area contributed by atoms with Crippen LogP contribution in [0, 0.1) is 11.3 Å². The van der Waals surface area contributed by atoms with E-state index in [1.54, 1.807) is 25.2 Å². The van der Waals surface area contributed by atoms with Gasteiger partial charge in [-0.15, -0.1) is 0 Å². The summed E-state index contributed by atoms with van der Waals surface area (Å²) in [6, 6.07) is 6.63. The molecule has 3 nitrogen and oxygen atoms in total. The lowest BCUT2D eigenvalue weighted by molar-refractivity contribution is 0.295. The molecular weight excluding hydrogens is 235 g/mol. The molecule has 1 rings (SSSR count). The summed E-state index contributed by atoms with van der Waals surface area (Å²) >= 11 is 11.6. The van der Waals surface area contributed by atoms with E-state index >= 15 is 0 Å². The Balaban J connectivity index is 2.62. The van der Waals surface area contributed by atoms with Crippen molar-refractivity contribution in [2.75, 3.05) is 13.7 Å². The van der Waals surface area contributed by atoms with Crippen molar-refractivity contribution >= 4 is 23.2 Å². The molecule has 0 spiro atoms. The van der Waals surface area contributed by atoms with Crippen LogP contribution in [0.25, 0.3) is 0 Å². The first-order chi connectivity index (χ1) is 7.15. The summed E-state index contributed by atoms with van der Waals surface area (Å²) in [5.74, 6) is 0.558. The van der Waals surface area contributed by atoms with Gasteiger partial charge in [-0.05, 0) is 25.2 Å². The highest BCUT2D eigenvalue weighted by atomic mass is 35.5. The Labute approximate surface area is 98.6 Å². The van der Waals surface area contributed by atoms with E-state index in [-0.39, 0.29) is 12.6 Å². The van der Waals surface area contributed by atoms with E-state index in [9.17, 15) is 0 Å². The van der Waals surface area contributed by atoms with Crippen molar-refractivity contribution in [1.29, 1.82) is 5.26 Å². The molecule has 0 aliphatic rings. The van der Waals surface area contributed by atoms with Crippen molar-refractivity contribution in [3.63, 3.8) is 0 Å². The highest BCUT2D eigenvalue weighted by molar-refractivity contribution is 6.34. The van der Waals surface area contributed by atoms with Crippen LogP contribution in [0.2, 0.25) is 10.0 Å². The molecule has 80 valence electrons. The minimum Gasteiger partial charge on any atom is -0.491 e. The molecule has 0 aliphatic heterocycles. The van der Waals surface area contributed by atoms with Crippen LogP contribution in [0.1, 0.15) is 0 Å². The number of hydrogen-bond acceptors (Lipinski definition) is 3. The molecule has 1 unspecified atom stereocenters. The van der Waals surface area contributed by atoms with Crippen LogP contribution in [0.5, 0.6) is 5.75 Å². The summed E-state index contributed by atoms with van der Waals surface area (Å²) in [5, 5.41) is 12.5. The van der Waals surface area contributed by atoms with Gasteiger partial charge in [0.2, 0.25) is 0 Å². The van der Waals surface area contributed by atoms with Gasteiger partial charge in [0.25, 0.3) is 0 Å². The summed E-state index contributed by atoms with van der Waals surface area (Å²) in [6.07, 6.45) is 0. The van der Waals surface area contributed by atoms with Crippen LogP contribution in [0.4, 0.5) is 0 Å². The second kappa shape index (κ2) is 5.82. The van der Waals surface area contributed by atoms with E-state index in [4.69, 9.17) is 33.2 Å². The molecule has 1 aromatic rings. The number of rotatable bonds is 4. The van der Waals surface area contributed by atoms with Gasteiger partial charge in [-0.25, -0.2) is 0 Å². The third kappa shape index (κ3) is 3.96. The standard InChI is InChI=1S/C10H10Cl2N2O/c1-14-9(5-13)6-15-10-3-7(11)2-8(12)4-10/h2-4,9,14H,6H2,1H3. The molecule has 0 aromatic heterocycles. The Bertz CT molecular complexity index is 356. The van der Waals surface area contributed by atoms with Gasteiger partial charge in [0.15, 0.2) is 0 Å². The minimum absolute atomic E-state index is 0.254. The molecule has 0 fully saturated rings. The lowest BCUT2D eigenvalue weighted by Gasteiger charge is -2.10. The molecule has 0 radical (unpaired) electrons. The normalized spacial score (nSPS) is 11.9. The van der Waals surface area contributed by atoms with Crippen LogP contribution in [-0.2, 0) is 0 Å². The van der Waals surface area contributed by atoms with Gasteiger partial charge < -0.3 is 10.1 Å². The quantitative estimate of drug-likeness (QED) is 0.886. The minimum atomic E-state index is -0.345. The average Bonchev–Trinajstić information content (AvgIpc) is 2.18. The number of nitriles is 1. The molecule has 0 heterocycles. The molecule has 1 N–H and O–H groups in total. The van der Waals surface area contributed by atoms with Crippen LogP contribution in [0.3, 0.4) is 0 Å². The summed E-state index contributed by atoms with van der Waals surface area (Å²) in [4.78, 5) is 0. The van der Waals surface area contributed by atoms with Crippen molar-refractivity contribution in [2.24, 2.45) is 0 Å². The lowest BCUT2D eigenvalue weighted by Crippen LogP contribution is -2.29. The monoisotopic (exact) mass is 244 g/mol. The Morgan fingerprint density at radius 3 is 2.47 bits per heavy atom. The molecule has 15 heavy (non-hydrogen) atoms. The number of ether oxygens (including phenoxy) is 1. The number of benzene rings is 1. The van der Waals surface area contributed by atoms with Gasteiger partial charge in [-0.2, -0.15) is 5.26 Å². The zero-order chi connectivity index (χ0) is 11.3. The van der Waals surface area contributed by atoms with Crippen molar-refractivity contribution in [3.8, 4) is 11.8 Å². The first-order valence-corrected chi connectivity index (χ1v) is 5.07. The fourth-order valence-corrected chi connectivity index (χ4v) is 1.48. The van der Waals surface area contributed by atoms with Crippen LogP contribution >= 0.6 is 23.2 Å². The van der Waals surface area contributed by atoms with Crippen LogP contribution < -0.4 is 10.1 Å². The predicted octanol–water partition coefficient (Wildman–Crippen LogP) is 2.48. The number of likely N-dealkylation sites (N-methyl/N-ethyl adjacent to an activating group) is 1. The van der Waals surface area contributed by atoms with Crippen LogP contribution in [0.15, 0.2) is 18.2 Å². The first-order valence-electron chi connectivity index (χ1n) is 4.31. The zero-order valence-corrected chi connectivity index (χ0v) is 9.64. The Kier molecular flexibility index (Phi) is 4.70. The molecular formula is C10H10Cl2N2O. The molecule has 0 amide bonds. The Hall–Kier alpha value is -0.950. The average molecular weight is 245 g/mol. The largest absolute Gasteiger partial charge is 0.491 e. The maximum Gasteiger partial charge on any atom is 0.129 e. The lowest BCUT2D eigenvalue weighted by atomic mass is 10.3. The number of halogens is 2. The zero-order valence-electron chi connectivity index (χ0n) is 8.13. The molecule has 0 saturated heterocycles. The summed E-state index contributed by atoms with van der Waals surface area (Å²) < 4.78 is 5.36. The van der Waals surface area contributed by atoms with Crippen LogP contribution in [-0.4, -0.2) is 19.7 Å². The summed E-state index contributed by atoms with van der Waals surface area (Å²) in [7, 11) is 1.70. The highest BCUT2D eigenvalue weighted by Gasteiger charge is 2.05.